The summed E-state index contributed by atoms with van der Waals surface area (Å²) in [7, 11) is 1.59. The van der Waals surface area contributed by atoms with Crippen LogP contribution >= 0.6 is 23.2 Å². The number of imide groups is 2. The zero-order valence-electron chi connectivity index (χ0n) is 16.1. The molecule has 4 amide bonds. The van der Waals surface area contributed by atoms with Crippen molar-refractivity contribution in [1.29, 1.82) is 0 Å². The number of methoxy groups -OCH3 is 1. The van der Waals surface area contributed by atoms with Gasteiger partial charge < -0.3 is 9.30 Å². The lowest BCUT2D eigenvalue weighted by molar-refractivity contribution is -0.122. The third-order valence-corrected chi connectivity index (χ3v) is 5.19. The molecule has 1 aromatic heterocycles. The van der Waals surface area contributed by atoms with Gasteiger partial charge in [0.15, 0.2) is 0 Å². The Morgan fingerprint density at radius 1 is 1.00 bits per heavy atom. The second kappa shape index (κ2) is 8.29. The van der Waals surface area contributed by atoms with Crippen molar-refractivity contribution in [3.05, 3.63) is 82.1 Å². The molecule has 2 aromatic carbocycles. The number of urea groups is 1. The summed E-state index contributed by atoms with van der Waals surface area (Å²) in [6.45, 7) is 0. The minimum absolute atomic E-state index is 0.107. The van der Waals surface area contributed by atoms with E-state index < -0.39 is 17.8 Å². The highest BCUT2D eigenvalue weighted by Crippen LogP contribution is 2.31. The molecule has 1 aliphatic heterocycles. The number of ether oxygens (including phenoxy) is 1. The number of halogens is 2. The first-order valence-electron chi connectivity index (χ1n) is 9.06. The molecule has 2 heterocycles. The molecule has 0 spiro atoms. The molecule has 1 N–H and O–H groups in total. The van der Waals surface area contributed by atoms with Gasteiger partial charge in [0.05, 0.1) is 17.8 Å². The molecule has 9 heteroatoms. The Bertz CT molecular complexity index is 1230. The number of benzene rings is 2. The Hall–Kier alpha value is -3.55. The minimum atomic E-state index is -0.882. The number of amides is 4. The molecule has 156 valence electrons. The number of hydrogen-bond acceptors (Lipinski definition) is 4. The van der Waals surface area contributed by atoms with E-state index in [1.165, 1.54) is 24.3 Å². The minimum Gasteiger partial charge on any atom is -0.497 e. The van der Waals surface area contributed by atoms with Crippen LogP contribution in [0.25, 0.3) is 11.8 Å². The monoisotopic (exact) mass is 455 g/mol. The molecule has 1 fully saturated rings. The fourth-order valence-corrected chi connectivity index (χ4v) is 3.61. The van der Waals surface area contributed by atoms with Crippen LogP contribution in [0.3, 0.4) is 0 Å². The number of barbiturate groups is 1. The van der Waals surface area contributed by atoms with Crippen molar-refractivity contribution in [3.8, 4) is 11.4 Å². The van der Waals surface area contributed by atoms with Crippen molar-refractivity contribution in [1.82, 2.24) is 9.88 Å². The summed E-state index contributed by atoms with van der Waals surface area (Å²) in [6.07, 6.45) is 4.96. The maximum absolute atomic E-state index is 13.0. The van der Waals surface area contributed by atoms with Gasteiger partial charge in [-0.05, 0) is 60.2 Å². The Morgan fingerprint density at radius 2 is 1.74 bits per heavy atom. The molecule has 0 saturated carbocycles. The van der Waals surface area contributed by atoms with Crippen molar-refractivity contribution >= 4 is 52.8 Å². The second-order valence-corrected chi connectivity index (χ2v) is 7.45. The van der Waals surface area contributed by atoms with Crippen LogP contribution in [0.15, 0.2) is 66.5 Å². The van der Waals surface area contributed by atoms with Crippen LogP contribution in [0.1, 0.15) is 5.56 Å². The zero-order chi connectivity index (χ0) is 22.1. The van der Waals surface area contributed by atoms with E-state index in [2.05, 4.69) is 5.32 Å². The first-order valence-corrected chi connectivity index (χ1v) is 9.82. The topological polar surface area (TPSA) is 80.6 Å². The summed E-state index contributed by atoms with van der Waals surface area (Å²) in [5.74, 6) is -0.836. The number of aromatic nitrogens is 1. The van der Waals surface area contributed by atoms with E-state index >= 15 is 0 Å². The van der Waals surface area contributed by atoms with Crippen LogP contribution in [0.4, 0.5) is 10.5 Å². The number of rotatable bonds is 4. The zero-order valence-corrected chi connectivity index (χ0v) is 17.6. The molecular formula is C22H15Cl2N3O4. The standard InChI is InChI=1S/C22H15Cl2N3O4/c1-31-16-5-3-15(4-6-16)26-9-8-13(12-26)10-17-20(28)25-22(30)27(21(17)29)19-7-2-14(23)11-18(19)24/h2-12H,1H3,(H,25,28,30)/b17-10-. The molecule has 0 aliphatic carbocycles. The van der Waals surface area contributed by atoms with Crippen LogP contribution < -0.4 is 15.0 Å². The summed E-state index contributed by atoms with van der Waals surface area (Å²) in [6, 6.07) is 12.6. The first-order chi connectivity index (χ1) is 14.9. The molecule has 7 nitrogen and oxygen atoms in total. The predicted molar refractivity (Wildman–Crippen MR) is 118 cm³/mol. The van der Waals surface area contributed by atoms with Crippen molar-refractivity contribution in [2.45, 2.75) is 0 Å². The van der Waals surface area contributed by atoms with Gasteiger partial charge >= 0.3 is 6.03 Å². The average molecular weight is 456 g/mol. The number of hydrogen-bond donors (Lipinski definition) is 1. The number of carbonyl (C=O) groups excluding carboxylic acids is 3. The van der Waals surface area contributed by atoms with E-state index in [1.54, 1.807) is 25.6 Å². The molecule has 3 aromatic rings. The summed E-state index contributed by atoms with van der Waals surface area (Å²) < 4.78 is 6.98. The van der Waals surface area contributed by atoms with Gasteiger partial charge in [-0.25, -0.2) is 9.69 Å². The molecule has 4 rings (SSSR count). The van der Waals surface area contributed by atoms with Crippen molar-refractivity contribution in [3.63, 3.8) is 0 Å². The largest absolute Gasteiger partial charge is 0.497 e. The maximum atomic E-state index is 13.0. The van der Waals surface area contributed by atoms with Gasteiger partial charge in [0.25, 0.3) is 11.8 Å². The smallest absolute Gasteiger partial charge is 0.335 e. The highest BCUT2D eigenvalue weighted by Gasteiger charge is 2.37. The number of nitrogens with zero attached hydrogens (tertiary/aromatic N) is 2. The van der Waals surface area contributed by atoms with Gasteiger partial charge in [-0.2, -0.15) is 0 Å². The van der Waals surface area contributed by atoms with Crippen molar-refractivity contribution in [2.24, 2.45) is 0 Å². The fourth-order valence-electron chi connectivity index (χ4n) is 3.12. The summed E-state index contributed by atoms with van der Waals surface area (Å²) in [5, 5.41) is 2.63. The van der Waals surface area contributed by atoms with Gasteiger partial charge in [0.2, 0.25) is 0 Å². The average Bonchev–Trinajstić information content (AvgIpc) is 3.21. The number of nitrogens with one attached hydrogen (secondary N) is 1. The summed E-state index contributed by atoms with van der Waals surface area (Å²) in [4.78, 5) is 38.5. The Balaban J connectivity index is 1.66. The van der Waals surface area contributed by atoms with E-state index in [0.29, 0.717) is 10.6 Å². The van der Waals surface area contributed by atoms with Gasteiger partial charge in [-0.1, -0.05) is 23.2 Å². The molecule has 31 heavy (non-hydrogen) atoms. The van der Waals surface area contributed by atoms with E-state index in [4.69, 9.17) is 27.9 Å². The van der Waals surface area contributed by atoms with Crippen molar-refractivity contribution < 1.29 is 19.1 Å². The summed E-state index contributed by atoms with van der Waals surface area (Å²) >= 11 is 12.0. The third-order valence-electron chi connectivity index (χ3n) is 4.65. The lowest BCUT2D eigenvalue weighted by Gasteiger charge is -2.27. The van der Waals surface area contributed by atoms with Crippen LogP contribution in [0.2, 0.25) is 10.0 Å². The van der Waals surface area contributed by atoms with Gasteiger partial charge in [0.1, 0.15) is 11.3 Å². The lowest BCUT2D eigenvalue weighted by atomic mass is 10.1. The predicted octanol–water partition coefficient (Wildman–Crippen LogP) is 4.46. The Kier molecular flexibility index (Phi) is 5.54. The molecule has 0 radical (unpaired) electrons. The third kappa shape index (κ3) is 4.05. The normalized spacial score (nSPS) is 15.4. The van der Waals surface area contributed by atoms with Gasteiger partial charge in [-0.15, -0.1) is 0 Å². The number of anilines is 1. The summed E-state index contributed by atoms with van der Waals surface area (Å²) in [5.41, 5.74) is 1.40. The maximum Gasteiger partial charge on any atom is 0.335 e. The highest BCUT2D eigenvalue weighted by molar-refractivity contribution is 6.42. The SMILES string of the molecule is COc1ccc(-n2ccc(/C=C3/C(=O)NC(=O)N(c4ccc(Cl)cc4Cl)C3=O)c2)cc1. The lowest BCUT2D eigenvalue weighted by Crippen LogP contribution is -2.54. The second-order valence-electron chi connectivity index (χ2n) is 6.60. The Labute approximate surface area is 187 Å². The van der Waals surface area contributed by atoms with E-state index in [0.717, 1.165) is 16.3 Å². The molecule has 0 unspecified atom stereocenters. The van der Waals surface area contributed by atoms with Gasteiger partial charge in [-0.3, -0.25) is 14.9 Å². The first kappa shape index (κ1) is 20.7. The molecule has 1 saturated heterocycles. The Morgan fingerprint density at radius 3 is 2.42 bits per heavy atom. The van der Waals surface area contributed by atoms with E-state index in [-0.39, 0.29) is 16.3 Å². The van der Waals surface area contributed by atoms with Crippen molar-refractivity contribution in [2.75, 3.05) is 12.0 Å². The van der Waals surface area contributed by atoms with Crippen LogP contribution in [0.5, 0.6) is 5.75 Å². The van der Waals surface area contributed by atoms with Crippen LogP contribution in [-0.4, -0.2) is 29.5 Å². The van der Waals surface area contributed by atoms with E-state index in [1.807, 2.05) is 28.8 Å². The quantitative estimate of drug-likeness (QED) is 0.465. The molecule has 0 atom stereocenters. The molecule has 1 aliphatic rings. The van der Waals surface area contributed by atoms with Crippen LogP contribution in [0, 0.1) is 0 Å². The fraction of sp³-hybridized carbons (Fsp3) is 0.0455. The van der Waals surface area contributed by atoms with Gasteiger partial charge in [0, 0.05) is 23.1 Å². The highest BCUT2D eigenvalue weighted by atomic mass is 35.5. The molecular weight excluding hydrogens is 441 g/mol. The number of carbonyl (C=O) groups is 3. The van der Waals surface area contributed by atoms with Crippen LogP contribution in [-0.2, 0) is 9.59 Å². The van der Waals surface area contributed by atoms with E-state index in [9.17, 15) is 14.4 Å². The molecule has 0 bridgehead atoms.